The first-order chi connectivity index (χ1) is 7.95. The zero-order valence-corrected chi connectivity index (χ0v) is 9.87. The van der Waals surface area contributed by atoms with E-state index in [1.165, 1.54) is 0 Å². The Hall–Kier alpha value is -1.40. The monoisotopic (exact) mass is 262 g/mol. The van der Waals surface area contributed by atoms with Gasteiger partial charge in [-0.1, -0.05) is 11.6 Å². The number of nitro groups is 1. The summed E-state index contributed by atoms with van der Waals surface area (Å²) in [6.45, 7) is 1.67. The van der Waals surface area contributed by atoms with Gasteiger partial charge in [-0.05, 0) is 13.3 Å². The second-order valence-corrected chi connectivity index (χ2v) is 4.01. The number of nitrogens with zero attached hydrogens (tertiary/aromatic N) is 1. The number of rotatable bonds is 5. The van der Waals surface area contributed by atoms with E-state index in [0.717, 1.165) is 12.1 Å². The van der Waals surface area contributed by atoms with Crippen LogP contribution in [0, 0.1) is 15.9 Å². The van der Waals surface area contributed by atoms with Crippen molar-refractivity contribution >= 4 is 23.0 Å². The van der Waals surface area contributed by atoms with Crippen molar-refractivity contribution in [3.05, 3.63) is 33.1 Å². The molecule has 0 aliphatic rings. The van der Waals surface area contributed by atoms with Crippen molar-refractivity contribution in [2.75, 3.05) is 11.9 Å². The Morgan fingerprint density at radius 3 is 2.82 bits per heavy atom. The third kappa shape index (κ3) is 3.54. The van der Waals surface area contributed by atoms with Crippen LogP contribution in [0.1, 0.15) is 13.3 Å². The highest BCUT2D eigenvalue weighted by Crippen LogP contribution is 2.30. The first kappa shape index (κ1) is 13.7. The Kier molecular flexibility index (Phi) is 4.65. The second-order valence-electron chi connectivity index (χ2n) is 3.60. The van der Waals surface area contributed by atoms with Gasteiger partial charge in [0.1, 0.15) is 11.5 Å². The molecule has 94 valence electrons. The van der Waals surface area contributed by atoms with E-state index in [1.807, 2.05) is 0 Å². The van der Waals surface area contributed by atoms with Crippen molar-refractivity contribution in [3.63, 3.8) is 0 Å². The topological polar surface area (TPSA) is 75.4 Å². The summed E-state index contributed by atoms with van der Waals surface area (Å²) >= 11 is 5.48. The zero-order chi connectivity index (χ0) is 13.0. The molecule has 0 aliphatic carbocycles. The van der Waals surface area contributed by atoms with E-state index in [9.17, 15) is 14.5 Å². The standard InChI is InChI=1S/C10H12ClFN2O3/c1-6(2-3-15)13-9-5-8(12)7(11)4-10(9)14(16)17/h4-6,13,15H,2-3H2,1H3. The van der Waals surface area contributed by atoms with Gasteiger partial charge in [0.05, 0.1) is 9.95 Å². The lowest BCUT2D eigenvalue weighted by atomic mass is 10.2. The van der Waals surface area contributed by atoms with E-state index in [4.69, 9.17) is 16.7 Å². The molecule has 1 unspecified atom stereocenters. The molecule has 1 aromatic rings. The molecule has 17 heavy (non-hydrogen) atoms. The minimum atomic E-state index is -0.726. The molecule has 0 aromatic heterocycles. The summed E-state index contributed by atoms with van der Waals surface area (Å²) in [6.07, 6.45) is 0.404. The number of anilines is 1. The molecule has 2 N–H and O–H groups in total. The highest BCUT2D eigenvalue weighted by atomic mass is 35.5. The third-order valence-corrected chi connectivity index (χ3v) is 2.49. The number of hydrogen-bond acceptors (Lipinski definition) is 4. The zero-order valence-electron chi connectivity index (χ0n) is 9.11. The number of nitro benzene ring substituents is 1. The first-order valence-electron chi connectivity index (χ1n) is 4.96. The molecule has 0 saturated carbocycles. The van der Waals surface area contributed by atoms with Gasteiger partial charge in [0.2, 0.25) is 0 Å². The molecule has 0 fully saturated rings. The van der Waals surface area contributed by atoms with Gasteiger partial charge in [-0.3, -0.25) is 10.1 Å². The molecule has 0 amide bonds. The van der Waals surface area contributed by atoms with Crippen LogP contribution in [0.15, 0.2) is 12.1 Å². The van der Waals surface area contributed by atoms with Crippen LogP contribution in [0.4, 0.5) is 15.8 Å². The lowest BCUT2D eigenvalue weighted by Crippen LogP contribution is -2.17. The fraction of sp³-hybridized carbons (Fsp3) is 0.400. The highest BCUT2D eigenvalue weighted by molar-refractivity contribution is 6.31. The molecular weight excluding hydrogens is 251 g/mol. The fourth-order valence-electron chi connectivity index (χ4n) is 1.33. The van der Waals surface area contributed by atoms with E-state index in [1.54, 1.807) is 6.92 Å². The predicted molar refractivity (Wildman–Crippen MR) is 62.9 cm³/mol. The smallest absolute Gasteiger partial charge is 0.294 e. The summed E-state index contributed by atoms with van der Waals surface area (Å²) in [6, 6.07) is 1.73. The fourth-order valence-corrected chi connectivity index (χ4v) is 1.49. The number of aliphatic hydroxyl groups excluding tert-OH is 1. The van der Waals surface area contributed by atoms with E-state index in [2.05, 4.69) is 5.32 Å². The Labute approximate surface area is 102 Å². The number of benzene rings is 1. The van der Waals surface area contributed by atoms with Crippen molar-refractivity contribution < 1.29 is 14.4 Å². The highest BCUT2D eigenvalue weighted by Gasteiger charge is 2.18. The summed E-state index contributed by atoms with van der Waals surface area (Å²) in [5, 5.41) is 21.9. The molecular formula is C10H12ClFN2O3. The maximum Gasteiger partial charge on any atom is 0.294 e. The summed E-state index contributed by atoms with van der Waals surface area (Å²) in [4.78, 5) is 10.1. The average Bonchev–Trinajstić information content (AvgIpc) is 2.23. The minimum Gasteiger partial charge on any atom is -0.396 e. The van der Waals surface area contributed by atoms with Crippen LogP contribution in [0.2, 0.25) is 5.02 Å². The van der Waals surface area contributed by atoms with Gasteiger partial charge in [0.25, 0.3) is 5.69 Å². The summed E-state index contributed by atoms with van der Waals surface area (Å²) in [7, 11) is 0. The van der Waals surface area contributed by atoms with Crippen LogP contribution in [-0.4, -0.2) is 22.7 Å². The van der Waals surface area contributed by atoms with E-state index in [-0.39, 0.29) is 29.0 Å². The van der Waals surface area contributed by atoms with Crippen LogP contribution >= 0.6 is 11.6 Å². The van der Waals surface area contributed by atoms with Gasteiger partial charge in [-0.2, -0.15) is 0 Å². The molecule has 0 radical (unpaired) electrons. The molecule has 1 rings (SSSR count). The van der Waals surface area contributed by atoms with E-state index < -0.39 is 10.7 Å². The van der Waals surface area contributed by atoms with Gasteiger partial charge in [-0.15, -0.1) is 0 Å². The van der Waals surface area contributed by atoms with Crippen molar-refractivity contribution in [2.45, 2.75) is 19.4 Å². The number of aliphatic hydroxyl groups is 1. The molecule has 0 bridgehead atoms. The Morgan fingerprint density at radius 1 is 1.65 bits per heavy atom. The maximum atomic E-state index is 13.2. The molecule has 1 aromatic carbocycles. The maximum absolute atomic E-state index is 13.2. The van der Waals surface area contributed by atoms with Crippen molar-refractivity contribution in [1.82, 2.24) is 0 Å². The SMILES string of the molecule is CC(CCO)Nc1cc(F)c(Cl)cc1[N+](=O)[O-]. The van der Waals surface area contributed by atoms with Crippen LogP contribution in [-0.2, 0) is 0 Å². The molecule has 0 heterocycles. The summed E-state index contributed by atoms with van der Waals surface area (Å²) in [5.41, 5.74) is -0.237. The van der Waals surface area contributed by atoms with E-state index in [0.29, 0.717) is 6.42 Å². The van der Waals surface area contributed by atoms with Gasteiger partial charge in [0.15, 0.2) is 0 Å². The van der Waals surface area contributed by atoms with Crippen LogP contribution in [0.25, 0.3) is 0 Å². The predicted octanol–water partition coefficient (Wildman–Crippen LogP) is 2.57. The molecule has 0 aliphatic heterocycles. The average molecular weight is 263 g/mol. The Bertz CT molecular complexity index is 428. The van der Waals surface area contributed by atoms with Crippen molar-refractivity contribution in [1.29, 1.82) is 0 Å². The molecule has 1 atom stereocenters. The van der Waals surface area contributed by atoms with Gasteiger partial charge in [0, 0.05) is 24.8 Å². The van der Waals surface area contributed by atoms with Crippen LogP contribution in [0.3, 0.4) is 0 Å². The van der Waals surface area contributed by atoms with Crippen LogP contribution in [0.5, 0.6) is 0 Å². The summed E-state index contributed by atoms with van der Waals surface area (Å²) in [5.74, 6) is -0.726. The molecule has 0 saturated heterocycles. The molecule has 5 nitrogen and oxygen atoms in total. The van der Waals surface area contributed by atoms with Gasteiger partial charge < -0.3 is 10.4 Å². The largest absolute Gasteiger partial charge is 0.396 e. The Morgan fingerprint density at radius 2 is 2.29 bits per heavy atom. The number of hydrogen-bond donors (Lipinski definition) is 2. The minimum absolute atomic E-state index is 0.0536. The lowest BCUT2D eigenvalue weighted by Gasteiger charge is -2.14. The summed E-state index contributed by atoms with van der Waals surface area (Å²) < 4.78 is 13.2. The number of halogens is 2. The van der Waals surface area contributed by atoms with Crippen molar-refractivity contribution in [3.8, 4) is 0 Å². The van der Waals surface area contributed by atoms with Gasteiger partial charge in [-0.25, -0.2) is 4.39 Å². The molecule has 0 spiro atoms. The first-order valence-corrected chi connectivity index (χ1v) is 5.34. The normalized spacial score (nSPS) is 12.2. The quantitative estimate of drug-likeness (QED) is 0.632. The number of nitrogens with one attached hydrogen (secondary N) is 1. The van der Waals surface area contributed by atoms with Crippen LogP contribution < -0.4 is 5.32 Å². The third-order valence-electron chi connectivity index (χ3n) is 2.20. The lowest BCUT2D eigenvalue weighted by molar-refractivity contribution is -0.384. The molecule has 7 heteroatoms. The van der Waals surface area contributed by atoms with Gasteiger partial charge >= 0.3 is 0 Å². The van der Waals surface area contributed by atoms with E-state index >= 15 is 0 Å². The Balaban J connectivity index is 3.04. The second kappa shape index (κ2) is 5.79. The van der Waals surface area contributed by atoms with Crippen molar-refractivity contribution in [2.24, 2.45) is 0 Å².